The average molecular weight is 174 g/mol. The molecule has 0 saturated heterocycles. The van der Waals surface area contributed by atoms with Crippen molar-refractivity contribution in [2.24, 2.45) is 5.16 Å². The highest BCUT2D eigenvalue weighted by Gasteiger charge is 2.13. The molecule has 0 aliphatic carbocycles. The SMILES string of the molecule is Cl.N=C=NOP(=O)(O)O. The van der Waals surface area contributed by atoms with Crippen molar-refractivity contribution in [3.05, 3.63) is 0 Å². The topological polar surface area (TPSA) is 103 Å². The van der Waals surface area contributed by atoms with Crippen LogP contribution in [0.1, 0.15) is 0 Å². The predicted molar refractivity (Wildman–Crippen MR) is 30.5 cm³/mol. The van der Waals surface area contributed by atoms with Crippen molar-refractivity contribution in [2.45, 2.75) is 0 Å². The zero-order chi connectivity index (χ0) is 6.62. The molecule has 6 nitrogen and oxygen atoms in total. The zero-order valence-electron chi connectivity index (χ0n) is 4.01. The van der Waals surface area contributed by atoms with E-state index in [1.807, 2.05) is 0 Å². The van der Waals surface area contributed by atoms with Crippen molar-refractivity contribution in [1.82, 2.24) is 0 Å². The Bertz CT molecular complexity index is 158. The summed E-state index contributed by atoms with van der Waals surface area (Å²) in [5.41, 5.74) is 0. The minimum Gasteiger partial charge on any atom is -0.292 e. The maximum absolute atomic E-state index is 9.65. The normalized spacial score (nSPS) is 8.67. The minimum atomic E-state index is -4.53. The lowest BCUT2D eigenvalue weighted by molar-refractivity contribution is 0.206. The first-order valence-corrected chi connectivity index (χ1v) is 2.95. The van der Waals surface area contributed by atoms with Gasteiger partial charge in [-0.3, -0.25) is 14.4 Å². The number of nitrogens with zero attached hydrogens (tertiary/aromatic N) is 1. The third-order valence-corrected chi connectivity index (χ3v) is 0.487. The summed E-state index contributed by atoms with van der Waals surface area (Å²) >= 11 is 0. The number of hydrogen-bond acceptors (Lipinski definition) is 4. The standard InChI is InChI=1S/CH3N2O4P.ClH/c2-1-3-7-8(4,5)6;/h2H,(H2,4,5,6);1H. The Balaban J connectivity index is 0. The lowest BCUT2D eigenvalue weighted by Gasteiger charge is -1.93. The van der Waals surface area contributed by atoms with Crippen LogP contribution in [0.5, 0.6) is 0 Å². The van der Waals surface area contributed by atoms with Crippen LogP contribution in [0.3, 0.4) is 0 Å². The molecule has 8 heteroatoms. The van der Waals surface area contributed by atoms with Crippen molar-refractivity contribution in [3.8, 4) is 0 Å². The van der Waals surface area contributed by atoms with Gasteiger partial charge in [0.25, 0.3) is 0 Å². The monoisotopic (exact) mass is 174 g/mol. The Kier molecular flexibility index (Phi) is 5.70. The Labute approximate surface area is 56.7 Å². The molecule has 3 N–H and O–H groups in total. The number of halogens is 1. The van der Waals surface area contributed by atoms with Gasteiger partial charge < -0.3 is 0 Å². The molecule has 0 aromatic rings. The van der Waals surface area contributed by atoms with Gasteiger partial charge in [-0.2, -0.15) is 0 Å². The van der Waals surface area contributed by atoms with Crippen LogP contribution in [0.2, 0.25) is 0 Å². The van der Waals surface area contributed by atoms with E-state index in [4.69, 9.17) is 15.2 Å². The second-order valence-corrected chi connectivity index (χ2v) is 1.92. The fraction of sp³-hybridized carbons (Fsp3) is 0. The van der Waals surface area contributed by atoms with E-state index in [-0.39, 0.29) is 12.4 Å². The Morgan fingerprint density at radius 1 is 1.67 bits per heavy atom. The number of hydrogen-bond donors (Lipinski definition) is 3. The maximum Gasteiger partial charge on any atom is 0.545 e. The molecule has 0 radical (unpaired) electrons. The van der Waals surface area contributed by atoms with Crippen LogP contribution >= 0.6 is 20.2 Å². The molecule has 0 amide bonds. The lowest BCUT2D eigenvalue weighted by atomic mass is 11.6. The van der Waals surface area contributed by atoms with Crippen LogP contribution in [-0.2, 0) is 9.19 Å². The average Bonchev–Trinajstić information content (AvgIpc) is 1.59. The van der Waals surface area contributed by atoms with Crippen LogP contribution < -0.4 is 0 Å². The molecule has 0 heterocycles. The molecule has 9 heavy (non-hydrogen) atoms. The van der Waals surface area contributed by atoms with E-state index in [0.717, 1.165) is 0 Å². The fourth-order valence-corrected chi connectivity index (χ4v) is 0.221. The van der Waals surface area contributed by atoms with Crippen molar-refractivity contribution >= 4 is 26.2 Å². The number of phosphoric acid groups is 1. The minimum absolute atomic E-state index is 0. The van der Waals surface area contributed by atoms with Crippen LogP contribution in [-0.4, -0.2) is 15.8 Å². The number of rotatable bonds is 2. The van der Waals surface area contributed by atoms with E-state index in [1.165, 1.54) is 6.01 Å². The smallest absolute Gasteiger partial charge is 0.292 e. The van der Waals surface area contributed by atoms with Crippen LogP contribution in [0, 0.1) is 5.41 Å². The third kappa shape index (κ3) is 11.3. The molecule has 0 aliphatic heterocycles. The van der Waals surface area contributed by atoms with E-state index in [0.29, 0.717) is 0 Å². The van der Waals surface area contributed by atoms with Crippen molar-refractivity contribution in [2.75, 3.05) is 0 Å². The van der Waals surface area contributed by atoms with Gasteiger partial charge in [0.1, 0.15) is 6.01 Å². The molecule has 0 unspecified atom stereocenters. The quantitative estimate of drug-likeness (QED) is 0.316. The van der Waals surface area contributed by atoms with E-state index in [2.05, 4.69) is 9.78 Å². The first-order chi connectivity index (χ1) is 3.56. The van der Waals surface area contributed by atoms with Crippen LogP contribution in [0.4, 0.5) is 0 Å². The molecule has 0 fully saturated rings. The van der Waals surface area contributed by atoms with Gasteiger partial charge in [-0.15, -0.1) is 12.4 Å². The van der Waals surface area contributed by atoms with Gasteiger partial charge >= 0.3 is 7.82 Å². The summed E-state index contributed by atoms with van der Waals surface area (Å²) in [4.78, 5) is 15.6. The molecule has 0 aromatic carbocycles. The summed E-state index contributed by atoms with van der Waals surface area (Å²) in [6.07, 6.45) is 0. The largest absolute Gasteiger partial charge is 0.545 e. The molecular formula is CH4ClN2O4P. The van der Waals surface area contributed by atoms with Gasteiger partial charge in [0.15, 0.2) is 0 Å². The lowest BCUT2D eigenvalue weighted by Crippen LogP contribution is -1.76. The molecule has 0 aromatic heterocycles. The van der Waals surface area contributed by atoms with Crippen LogP contribution in [0.15, 0.2) is 5.16 Å². The zero-order valence-corrected chi connectivity index (χ0v) is 5.72. The molecule has 0 aliphatic rings. The second kappa shape index (κ2) is 4.49. The van der Waals surface area contributed by atoms with Crippen molar-refractivity contribution in [3.63, 3.8) is 0 Å². The summed E-state index contributed by atoms with van der Waals surface area (Å²) in [5, 5.41) is 8.39. The van der Waals surface area contributed by atoms with Crippen LogP contribution in [0.25, 0.3) is 0 Å². The van der Waals surface area contributed by atoms with Gasteiger partial charge in [-0.25, -0.2) is 9.97 Å². The Morgan fingerprint density at radius 3 is 2.22 bits per heavy atom. The summed E-state index contributed by atoms with van der Waals surface area (Å²) in [7, 11) is -4.53. The highest BCUT2D eigenvalue weighted by atomic mass is 35.5. The van der Waals surface area contributed by atoms with Gasteiger partial charge in [-0.05, 0) is 5.16 Å². The molecule has 0 rings (SSSR count). The van der Waals surface area contributed by atoms with E-state index >= 15 is 0 Å². The highest BCUT2D eigenvalue weighted by molar-refractivity contribution is 7.46. The van der Waals surface area contributed by atoms with E-state index < -0.39 is 7.82 Å². The Hall–Kier alpha value is -0.380. The van der Waals surface area contributed by atoms with Crippen molar-refractivity contribution in [1.29, 1.82) is 5.41 Å². The maximum atomic E-state index is 9.65. The van der Waals surface area contributed by atoms with Gasteiger partial charge in [-0.1, -0.05) is 0 Å². The first kappa shape index (κ1) is 11.4. The van der Waals surface area contributed by atoms with Gasteiger partial charge in [0, 0.05) is 0 Å². The van der Waals surface area contributed by atoms with Gasteiger partial charge in [0.05, 0.1) is 0 Å². The molecule has 0 atom stereocenters. The summed E-state index contributed by atoms with van der Waals surface area (Å²) in [6.45, 7) is 0. The molecule has 54 valence electrons. The Morgan fingerprint density at radius 2 is 2.11 bits per heavy atom. The molecule has 0 bridgehead atoms. The van der Waals surface area contributed by atoms with E-state index in [1.54, 1.807) is 0 Å². The molecule has 0 saturated carbocycles. The first-order valence-electron chi connectivity index (χ1n) is 1.42. The predicted octanol–water partition coefficient (Wildman–Crippen LogP) is 0.185. The second-order valence-electron chi connectivity index (χ2n) is 0.775. The van der Waals surface area contributed by atoms with Gasteiger partial charge in [0.2, 0.25) is 0 Å². The summed E-state index contributed by atoms with van der Waals surface area (Å²) in [5.74, 6) is 0. The third-order valence-electron chi connectivity index (χ3n) is 0.193. The highest BCUT2D eigenvalue weighted by Crippen LogP contribution is 2.35. The summed E-state index contributed by atoms with van der Waals surface area (Å²) in [6, 6.07) is 1.28. The van der Waals surface area contributed by atoms with E-state index in [9.17, 15) is 4.57 Å². The molecular weight excluding hydrogens is 170 g/mol. The summed E-state index contributed by atoms with van der Waals surface area (Å²) < 4.78 is 13.0. The number of nitrogens with one attached hydrogen (secondary N) is 1. The molecule has 0 spiro atoms. The van der Waals surface area contributed by atoms with Crippen molar-refractivity contribution < 1.29 is 19.0 Å². The fourth-order valence-electron chi connectivity index (χ4n) is 0.0736.